The van der Waals surface area contributed by atoms with E-state index in [0.29, 0.717) is 11.5 Å². The van der Waals surface area contributed by atoms with Gasteiger partial charge in [0.05, 0.1) is 6.42 Å². The van der Waals surface area contributed by atoms with Gasteiger partial charge in [-0.25, -0.2) is 19.9 Å². The van der Waals surface area contributed by atoms with Crippen molar-refractivity contribution in [3.05, 3.63) is 30.4 Å². The molecule has 0 aliphatic carbocycles. The van der Waals surface area contributed by atoms with Crippen molar-refractivity contribution in [2.24, 2.45) is 0 Å². The lowest BCUT2D eigenvalue weighted by Crippen LogP contribution is -2.48. The summed E-state index contributed by atoms with van der Waals surface area (Å²) >= 11 is 0. The summed E-state index contributed by atoms with van der Waals surface area (Å²) in [6.07, 6.45) is -0.846. The van der Waals surface area contributed by atoms with Crippen LogP contribution in [0.1, 0.15) is 18.9 Å². The molecular weight excluding hydrogens is 349 g/mol. The average molecular weight is 366 g/mol. The lowest BCUT2D eigenvalue weighted by atomic mass is 10.2. The van der Waals surface area contributed by atoms with Gasteiger partial charge in [0.25, 0.3) is 0 Å². The van der Waals surface area contributed by atoms with E-state index in [0.717, 1.165) is 31.9 Å². The number of hydrogen-bond acceptors (Lipinski definition) is 6. The molecule has 10 heteroatoms. The van der Waals surface area contributed by atoms with Crippen molar-refractivity contribution in [2.45, 2.75) is 32.0 Å². The molecule has 1 aliphatic heterocycles. The van der Waals surface area contributed by atoms with E-state index < -0.39 is 18.6 Å². The van der Waals surface area contributed by atoms with Crippen LogP contribution >= 0.6 is 0 Å². The second-order valence-corrected chi connectivity index (χ2v) is 6.04. The first-order valence-electron chi connectivity index (χ1n) is 8.07. The fourth-order valence-corrected chi connectivity index (χ4v) is 2.46. The maximum absolute atomic E-state index is 12.4. The summed E-state index contributed by atoms with van der Waals surface area (Å²) in [4.78, 5) is 29.9. The molecule has 0 bridgehead atoms. The first kappa shape index (κ1) is 18.0. The number of anilines is 1. The van der Waals surface area contributed by atoms with E-state index in [4.69, 9.17) is 0 Å². The van der Waals surface area contributed by atoms with Crippen LogP contribution in [0.2, 0.25) is 0 Å². The minimum absolute atomic E-state index is 0.0100. The van der Waals surface area contributed by atoms with Crippen LogP contribution in [0, 0.1) is 0 Å². The fraction of sp³-hybridized carbons (Fsp3) is 0.438. The van der Waals surface area contributed by atoms with Crippen molar-refractivity contribution < 1.29 is 18.0 Å². The molecule has 0 aromatic carbocycles. The number of halogens is 3. The predicted molar refractivity (Wildman–Crippen MR) is 87.1 cm³/mol. The Labute approximate surface area is 147 Å². The molecule has 1 amide bonds. The summed E-state index contributed by atoms with van der Waals surface area (Å²) in [6, 6.07) is 1.10. The second-order valence-electron chi connectivity index (χ2n) is 6.04. The average Bonchev–Trinajstić information content (AvgIpc) is 2.52. The highest BCUT2D eigenvalue weighted by atomic mass is 19.4. The summed E-state index contributed by atoms with van der Waals surface area (Å²) in [5, 5.41) is 3.00. The molecule has 0 saturated carbocycles. The zero-order valence-corrected chi connectivity index (χ0v) is 14.0. The number of carbonyl (C=O) groups is 1. The highest BCUT2D eigenvalue weighted by molar-refractivity contribution is 5.84. The Hall–Kier alpha value is -2.78. The van der Waals surface area contributed by atoms with Gasteiger partial charge in [0, 0.05) is 31.5 Å². The van der Waals surface area contributed by atoms with Crippen molar-refractivity contribution in [2.75, 3.05) is 18.4 Å². The van der Waals surface area contributed by atoms with Gasteiger partial charge in [0.1, 0.15) is 23.9 Å². The SMILES string of the molecule is C[C@@H](Nc1cc(-c2ncc(CC(F)(F)F)cn2)ncn1)C(=O)N1CCC1. The normalized spacial score (nSPS) is 15.3. The maximum Gasteiger partial charge on any atom is 0.393 e. The zero-order chi connectivity index (χ0) is 18.7. The molecule has 1 saturated heterocycles. The number of alkyl halides is 3. The Kier molecular flexibility index (Phi) is 5.01. The summed E-state index contributed by atoms with van der Waals surface area (Å²) in [5.41, 5.74) is 0.326. The van der Waals surface area contributed by atoms with Gasteiger partial charge in [0.2, 0.25) is 5.91 Å². The lowest BCUT2D eigenvalue weighted by Gasteiger charge is -2.33. The van der Waals surface area contributed by atoms with Gasteiger partial charge in [-0.15, -0.1) is 0 Å². The molecule has 3 heterocycles. The smallest absolute Gasteiger partial charge is 0.359 e. The van der Waals surface area contributed by atoms with Crippen LogP contribution in [0.3, 0.4) is 0 Å². The van der Waals surface area contributed by atoms with E-state index in [9.17, 15) is 18.0 Å². The molecule has 26 heavy (non-hydrogen) atoms. The van der Waals surface area contributed by atoms with Crippen molar-refractivity contribution >= 4 is 11.7 Å². The van der Waals surface area contributed by atoms with Crippen LogP contribution in [-0.2, 0) is 11.2 Å². The second kappa shape index (κ2) is 7.22. The van der Waals surface area contributed by atoms with Crippen LogP contribution in [0.5, 0.6) is 0 Å². The van der Waals surface area contributed by atoms with Gasteiger partial charge >= 0.3 is 6.18 Å². The Morgan fingerprint density at radius 2 is 1.92 bits per heavy atom. The molecule has 1 fully saturated rings. The highest BCUT2D eigenvalue weighted by Gasteiger charge is 2.28. The van der Waals surface area contributed by atoms with Crippen LogP contribution in [0.4, 0.5) is 19.0 Å². The molecule has 0 spiro atoms. The third-order valence-electron chi connectivity index (χ3n) is 3.91. The van der Waals surface area contributed by atoms with Crippen LogP contribution in [-0.4, -0.2) is 56.1 Å². The monoisotopic (exact) mass is 366 g/mol. The molecule has 0 radical (unpaired) electrons. The number of rotatable bonds is 5. The minimum atomic E-state index is -4.31. The third kappa shape index (κ3) is 4.44. The maximum atomic E-state index is 12.4. The number of nitrogens with zero attached hydrogens (tertiary/aromatic N) is 5. The first-order valence-corrected chi connectivity index (χ1v) is 8.07. The Bertz CT molecular complexity index is 776. The number of nitrogens with one attached hydrogen (secondary N) is 1. The van der Waals surface area contributed by atoms with E-state index in [2.05, 4.69) is 25.3 Å². The molecule has 3 rings (SSSR count). The van der Waals surface area contributed by atoms with Crippen LogP contribution in [0.25, 0.3) is 11.5 Å². The molecule has 1 N–H and O–H groups in total. The Morgan fingerprint density at radius 1 is 1.23 bits per heavy atom. The topological polar surface area (TPSA) is 83.9 Å². The van der Waals surface area contributed by atoms with Crippen molar-refractivity contribution in [1.82, 2.24) is 24.8 Å². The number of likely N-dealkylation sites (tertiary alicyclic amines) is 1. The summed E-state index contributed by atoms with van der Waals surface area (Å²) < 4.78 is 37.1. The molecule has 7 nitrogen and oxygen atoms in total. The standard InChI is InChI=1S/C16H17F3N6O/c1-10(15(26)25-3-2-4-25)24-13-5-12(22-9-23-13)14-20-7-11(8-21-14)6-16(17,18)19/h5,7-10H,2-4,6H2,1H3,(H,22,23,24)/t10-/m1/s1. The number of carbonyl (C=O) groups excluding carboxylic acids is 1. The number of aromatic nitrogens is 4. The highest BCUT2D eigenvalue weighted by Crippen LogP contribution is 2.21. The largest absolute Gasteiger partial charge is 0.393 e. The van der Waals surface area contributed by atoms with Gasteiger partial charge in [0.15, 0.2) is 5.82 Å². The predicted octanol–water partition coefficient (Wildman–Crippen LogP) is 2.07. The fourth-order valence-electron chi connectivity index (χ4n) is 2.46. The van der Waals surface area contributed by atoms with E-state index in [1.54, 1.807) is 17.9 Å². The summed E-state index contributed by atoms with van der Waals surface area (Å²) in [6.45, 7) is 3.26. The number of amides is 1. The summed E-state index contributed by atoms with van der Waals surface area (Å²) in [7, 11) is 0. The van der Waals surface area contributed by atoms with Gasteiger partial charge in [-0.1, -0.05) is 0 Å². The molecule has 1 aliphatic rings. The van der Waals surface area contributed by atoms with Gasteiger partial charge in [-0.2, -0.15) is 13.2 Å². The van der Waals surface area contributed by atoms with Gasteiger partial charge in [-0.05, 0) is 18.9 Å². The Balaban J connectivity index is 1.69. The van der Waals surface area contributed by atoms with E-state index in [1.807, 2.05) is 0 Å². The van der Waals surface area contributed by atoms with Crippen LogP contribution in [0.15, 0.2) is 24.8 Å². The van der Waals surface area contributed by atoms with Crippen LogP contribution < -0.4 is 5.32 Å². The zero-order valence-electron chi connectivity index (χ0n) is 14.0. The Morgan fingerprint density at radius 3 is 2.50 bits per heavy atom. The van der Waals surface area contributed by atoms with E-state index in [1.165, 1.54) is 6.33 Å². The van der Waals surface area contributed by atoms with Gasteiger partial charge in [-0.3, -0.25) is 4.79 Å². The molecule has 0 unspecified atom stereocenters. The van der Waals surface area contributed by atoms with Crippen molar-refractivity contribution in [3.63, 3.8) is 0 Å². The molecule has 1 atom stereocenters. The molecule has 2 aromatic rings. The molecular formula is C16H17F3N6O. The lowest BCUT2D eigenvalue weighted by molar-refractivity contribution is -0.135. The van der Waals surface area contributed by atoms with Crippen molar-refractivity contribution in [1.29, 1.82) is 0 Å². The third-order valence-corrected chi connectivity index (χ3v) is 3.91. The first-order chi connectivity index (χ1) is 12.3. The summed E-state index contributed by atoms with van der Waals surface area (Å²) in [5.74, 6) is 0.589. The van der Waals surface area contributed by atoms with E-state index in [-0.39, 0.29) is 17.3 Å². The van der Waals surface area contributed by atoms with Gasteiger partial charge < -0.3 is 10.2 Å². The molecule has 138 valence electrons. The van der Waals surface area contributed by atoms with E-state index >= 15 is 0 Å². The molecule has 2 aromatic heterocycles. The number of hydrogen-bond donors (Lipinski definition) is 1. The minimum Gasteiger partial charge on any atom is -0.359 e. The quantitative estimate of drug-likeness (QED) is 0.872. The van der Waals surface area contributed by atoms with Crippen molar-refractivity contribution in [3.8, 4) is 11.5 Å².